The third-order valence-corrected chi connectivity index (χ3v) is 3.78. The van der Waals surface area contributed by atoms with Crippen LogP contribution in [-0.4, -0.2) is 22.4 Å². The molecule has 0 atom stereocenters. The summed E-state index contributed by atoms with van der Waals surface area (Å²) in [4.78, 5) is 4.07. The summed E-state index contributed by atoms with van der Waals surface area (Å²) >= 11 is 0. The number of ether oxygens (including phenoxy) is 1. The van der Waals surface area contributed by atoms with Crippen LogP contribution in [0.15, 0.2) is 65.6 Å². The average Bonchev–Trinajstić information content (AvgIpc) is 3.09. The third kappa shape index (κ3) is 2.32. The molecule has 4 rings (SSSR count). The highest BCUT2D eigenvalue weighted by atomic mass is 16.6. The Labute approximate surface area is 132 Å². The van der Waals surface area contributed by atoms with E-state index in [2.05, 4.69) is 15.3 Å². The molecule has 5 heteroatoms. The first kappa shape index (κ1) is 13.5. The van der Waals surface area contributed by atoms with Gasteiger partial charge in [0.05, 0.1) is 7.11 Å². The molecule has 2 heterocycles. The highest BCUT2D eigenvalue weighted by molar-refractivity contribution is 5.86. The number of pyridine rings is 1. The Morgan fingerprint density at radius 2 is 1.57 bits per heavy atom. The monoisotopic (exact) mass is 303 g/mol. The van der Waals surface area contributed by atoms with Crippen LogP contribution in [0.4, 0.5) is 0 Å². The van der Waals surface area contributed by atoms with E-state index in [1.807, 2.05) is 48.5 Å². The van der Waals surface area contributed by atoms with Gasteiger partial charge in [-0.3, -0.25) is 4.98 Å². The standard InChI is InChI=1S/C18H13N3O2/c1-22-18-14(12-7-9-19-10-8-12)3-2-4-15(18)13-5-6-16-17(11-13)21-23-20-16/h2-11H,1H3. The Hall–Kier alpha value is -3.21. The second kappa shape index (κ2) is 5.53. The van der Waals surface area contributed by atoms with Gasteiger partial charge in [-0.2, -0.15) is 0 Å². The molecule has 0 saturated heterocycles. The van der Waals surface area contributed by atoms with Crippen LogP contribution in [0.25, 0.3) is 33.3 Å². The van der Waals surface area contributed by atoms with Crippen LogP contribution < -0.4 is 4.74 Å². The van der Waals surface area contributed by atoms with E-state index in [-0.39, 0.29) is 0 Å². The van der Waals surface area contributed by atoms with Crippen LogP contribution >= 0.6 is 0 Å². The van der Waals surface area contributed by atoms with Crippen molar-refractivity contribution in [2.24, 2.45) is 0 Å². The lowest BCUT2D eigenvalue weighted by Crippen LogP contribution is -1.92. The fraction of sp³-hybridized carbons (Fsp3) is 0.0556. The molecule has 0 fully saturated rings. The smallest absolute Gasteiger partial charge is 0.135 e. The number of hydrogen-bond acceptors (Lipinski definition) is 5. The zero-order valence-corrected chi connectivity index (χ0v) is 12.4. The maximum absolute atomic E-state index is 5.70. The van der Waals surface area contributed by atoms with Crippen LogP contribution in [0.5, 0.6) is 5.75 Å². The maximum Gasteiger partial charge on any atom is 0.135 e. The van der Waals surface area contributed by atoms with E-state index in [9.17, 15) is 0 Å². The lowest BCUT2D eigenvalue weighted by atomic mass is 9.97. The summed E-state index contributed by atoms with van der Waals surface area (Å²) in [5, 5.41) is 7.74. The number of para-hydroxylation sites is 1. The van der Waals surface area contributed by atoms with Crippen LogP contribution in [0.3, 0.4) is 0 Å². The summed E-state index contributed by atoms with van der Waals surface area (Å²) in [7, 11) is 1.68. The van der Waals surface area contributed by atoms with Gasteiger partial charge in [-0.05, 0) is 45.7 Å². The van der Waals surface area contributed by atoms with Crippen molar-refractivity contribution in [1.82, 2.24) is 15.3 Å². The molecule has 23 heavy (non-hydrogen) atoms. The van der Waals surface area contributed by atoms with Gasteiger partial charge in [-0.25, -0.2) is 4.63 Å². The molecule has 5 nitrogen and oxygen atoms in total. The minimum atomic E-state index is 0.721. The summed E-state index contributed by atoms with van der Waals surface area (Å²) in [5.41, 5.74) is 5.53. The van der Waals surface area contributed by atoms with Crippen LogP contribution in [-0.2, 0) is 0 Å². The molecule has 4 aromatic rings. The fourth-order valence-electron chi connectivity index (χ4n) is 2.69. The SMILES string of the molecule is COc1c(-c2ccncc2)cccc1-c1ccc2nonc2c1. The number of fused-ring (bicyclic) bond motifs is 1. The summed E-state index contributed by atoms with van der Waals surface area (Å²) in [6, 6.07) is 15.8. The first-order valence-corrected chi connectivity index (χ1v) is 7.17. The van der Waals surface area contributed by atoms with E-state index in [1.165, 1.54) is 0 Å². The van der Waals surface area contributed by atoms with E-state index in [1.54, 1.807) is 19.5 Å². The predicted octanol–water partition coefficient (Wildman–Crippen LogP) is 3.96. The quantitative estimate of drug-likeness (QED) is 0.573. The average molecular weight is 303 g/mol. The van der Waals surface area contributed by atoms with E-state index in [0.29, 0.717) is 0 Å². The third-order valence-electron chi connectivity index (χ3n) is 3.78. The molecular weight excluding hydrogens is 290 g/mol. The molecule has 0 unspecified atom stereocenters. The minimum Gasteiger partial charge on any atom is -0.495 e. The summed E-state index contributed by atoms with van der Waals surface area (Å²) in [5.74, 6) is 0.814. The molecule has 0 N–H and O–H groups in total. The second-order valence-corrected chi connectivity index (χ2v) is 5.09. The largest absolute Gasteiger partial charge is 0.495 e. The molecule has 0 radical (unpaired) electrons. The van der Waals surface area contributed by atoms with Crippen molar-refractivity contribution >= 4 is 11.0 Å². The number of methoxy groups -OCH3 is 1. The molecule has 0 aliphatic heterocycles. The predicted molar refractivity (Wildman–Crippen MR) is 87.0 cm³/mol. The Morgan fingerprint density at radius 1 is 0.826 bits per heavy atom. The Morgan fingerprint density at radius 3 is 2.35 bits per heavy atom. The minimum absolute atomic E-state index is 0.721. The van der Waals surface area contributed by atoms with Crippen molar-refractivity contribution in [3.8, 4) is 28.0 Å². The van der Waals surface area contributed by atoms with Crippen molar-refractivity contribution in [3.05, 3.63) is 60.9 Å². The number of hydrogen-bond donors (Lipinski definition) is 0. The highest BCUT2D eigenvalue weighted by Gasteiger charge is 2.13. The van der Waals surface area contributed by atoms with Gasteiger partial charge in [0.1, 0.15) is 16.8 Å². The summed E-state index contributed by atoms with van der Waals surface area (Å²) < 4.78 is 10.5. The molecule has 0 spiro atoms. The second-order valence-electron chi connectivity index (χ2n) is 5.09. The van der Waals surface area contributed by atoms with Crippen molar-refractivity contribution in [3.63, 3.8) is 0 Å². The molecule has 0 bridgehead atoms. The van der Waals surface area contributed by atoms with Gasteiger partial charge in [0.2, 0.25) is 0 Å². The van der Waals surface area contributed by atoms with Crippen molar-refractivity contribution in [2.45, 2.75) is 0 Å². The molecular formula is C18H13N3O2. The van der Waals surface area contributed by atoms with E-state index in [4.69, 9.17) is 9.37 Å². The molecule has 2 aromatic heterocycles. The van der Waals surface area contributed by atoms with Crippen LogP contribution in [0, 0.1) is 0 Å². The van der Waals surface area contributed by atoms with Crippen LogP contribution in [0.1, 0.15) is 0 Å². The first-order chi connectivity index (χ1) is 11.4. The van der Waals surface area contributed by atoms with Gasteiger partial charge in [0.15, 0.2) is 0 Å². The zero-order chi connectivity index (χ0) is 15.6. The van der Waals surface area contributed by atoms with Gasteiger partial charge >= 0.3 is 0 Å². The Balaban J connectivity index is 1.91. The van der Waals surface area contributed by atoms with E-state index < -0.39 is 0 Å². The lowest BCUT2D eigenvalue weighted by molar-refractivity contribution is 0.315. The number of nitrogens with zero attached hydrogens (tertiary/aromatic N) is 3. The Kier molecular flexibility index (Phi) is 3.24. The van der Waals surface area contributed by atoms with Gasteiger partial charge in [0.25, 0.3) is 0 Å². The Bertz CT molecular complexity index is 964. The van der Waals surface area contributed by atoms with Crippen molar-refractivity contribution in [2.75, 3.05) is 7.11 Å². The molecule has 112 valence electrons. The fourth-order valence-corrected chi connectivity index (χ4v) is 2.69. The molecule has 0 aliphatic carbocycles. The highest BCUT2D eigenvalue weighted by Crippen LogP contribution is 2.39. The van der Waals surface area contributed by atoms with Crippen LogP contribution in [0.2, 0.25) is 0 Å². The topological polar surface area (TPSA) is 61.0 Å². The van der Waals surface area contributed by atoms with E-state index >= 15 is 0 Å². The van der Waals surface area contributed by atoms with Crippen molar-refractivity contribution < 1.29 is 9.37 Å². The van der Waals surface area contributed by atoms with Gasteiger partial charge in [0, 0.05) is 23.5 Å². The number of aromatic nitrogens is 3. The number of rotatable bonds is 3. The molecule has 0 amide bonds. The zero-order valence-electron chi connectivity index (χ0n) is 12.4. The van der Waals surface area contributed by atoms with E-state index in [0.717, 1.165) is 39.0 Å². The van der Waals surface area contributed by atoms with Gasteiger partial charge in [-0.1, -0.05) is 24.3 Å². The summed E-state index contributed by atoms with van der Waals surface area (Å²) in [6.07, 6.45) is 3.54. The molecule has 0 saturated carbocycles. The first-order valence-electron chi connectivity index (χ1n) is 7.17. The molecule has 2 aromatic carbocycles. The van der Waals surface area contributed by atoms with Gasteiger partial charge < -0.3 is 4.74 Å². The normalized spacial score (nSPS) is 10.8. The van der Waals surface area contributed by atoms with Crippen molar-refractivity contribution in [1.29, 1.82) is 0 Å². The molecule has 0 aliphatic rings. The maximum atomic E-state index is 5.70. The summed E-state index contributed by atoms with van der Waals surface area (Å²) in [6.45, 7) is 0. The number of benzene rings is 2. The lowest BCUT2D eigenvalue weighted by Gasteiger charge is -2.14. The van der Waals surface area contributed by atoms with Gasteiger partial charge in [-0.15, -0.1) is 0 Å².